The smallest absolute Gasteiger partial charge is 0.00104 e. The first-order chi connectivity index (χ1) is 9.58. The summed E-state index contributed by atoms with van der Waals surface area (Å²) in [4.78, 5) is 0. The third kappa shape index (κ3) is 4.09. The Labute approximate surface area is 125 Å². The molecule has 0 heterocycles. The van der Waals surface area contributed by atoms with E-state index in [4.69, 9.17) is 0 Å². The second-order valence-electron chi connectivity index (χ2n) is 6.93. The van der Waals surface area contributed by atoms with Crippen molar-refractivity contribution in [2.45, 2.75) is 71.8 Å². The van der Waals surface area contributed by atoms with Gasteiger partial charge in [-0.15, -0.1) is 0 Å². The Kier molecular flexibility index (Phi) is 5.65. The second-order valence-corrected chi connectivity index (χ2v) is 6.93. The Morgan fingerprint density at radius 2 is 1.85 bits per heavy atom. The van der Waals surface area contributed by atoms with Crippen LogP contribution in [0.15, 0.2) is 18.2 Å². The predicted octanol–water partition coefficient (Wildman–Crippen LogP) is 4.97. The Balaban J connectivity index is 2.20. The molecule has 0 aromatic heterocycles. The maximum Gasteiger partial charge on any atom is 0.00104 e. The normalized spacial score (nSPS) is 23.9. The van der Waals surface area contributed by atoms with Gasteiger partial charge in [0.1, 0.15) is 0 Å². The van der Waals surface area contributed by atoms with E-state index < -0.39 is 0 Å². The van der Waals surface area contributed by atoms with Gasteiger partial charge >= 0.3 is 0 Å². The monoisotopic (exact) mass is 273 g/mol. The van der Waals surface area contributed by atoms with Crippen LogP contribution in [0, 0.1) is 19.8 Å². The molecule has 1 aliphatic carbocycles. The van der Waals surface area contributed by atoms with Crippen LogP contribution >= 0.6 is 0 Å². The molecule has 2 unspecified atom stereocenters. The highest BCUT2D eigenvalue weighted by Crippen LogP contribution is 2.38. The summed E-state index contributed by atoms with van der Waals surface area (Å²) in [5, 5.41) is 3.68. The van der Waals surface area contributed by atoms with Crippen molar-refractivity contribution in [3.05, 3.63) is 34.9 Å². The fourth-order valence-electron chi connectivity index (χ4n) is 3.58. The number of rotatable bonds is 4. The summed E-state index contributed by atoms with van der Waals surface area (Å²) in [5.74, 6) is 1.56. The third-order valence-electron chi connectivity index (χ3n) is 4.78. The molecule has 1 fully saturated rings. The van der Waals surface area contributed by atoms with Gasteiger partial charge in [0.05, 0.1) is 0 Å². The first kappa shape index (κ1) is 15.6. The maximum atomic E-state index is 3.68. The minimum atomic E-state index is 0.595. The summed E-state index contributed by atoms with van der Waals surface area (Å²) >= 11 is 0. The maximum absolute atomic E-state index is 3.68. The minimum Gasteiger partial charge on any atom is -0.314 e. The molecule has 0 radical (unpaired) electrons. The first-order valence-electron chi connectivity index (χ1n) is 8.38. The lowest BCUT2D eigenvalue weighted by atomic mass is 9.80. The Hall–Kier alpha value is -0.820. The molecule has 1 aromatic rings. The van der Waals surface area contributed by atoms with Gasteiger partial charge in [-0.1, -0.05) is 56.9 Å². The standard InChI is InChI=1S/C19H31N/c1-14(2)20-13-17-8-6-5-7-9-18(17)19-12-15(3)10-11-16(19)4/h10-12,14,17-18,20H,5-9,13H2,1-4H3. The van der Waals surface area contributed by atoms with Crippen LogP contribution in [-0.4, -0.2) is 12.6 Å². The number of nitrogens with one attached hydrogen (secondary N) is 1. The molecule has 1 nitrogen and oxygen atoms in total. The van der Waals surface area contributed by atoms with E-state index in [9.17, 15) is 0 Å². The third-order valence-corrected chi connectivity index (χ3v) is 4.78. The minimum absolute atomic E-state index is 0.595. The Morgan fingerprint density at radius 1 is 1.10 bits per heavy atom. The molecule has 2 atom stereocenters. The first-order valence-corrected chi connectivity index (χ1v) is 8.38. The van der Waals surface area contributed by atoms with Crippen LogP contribution in [0.4, 0.5) is 0 Å². The van der Waals surface area contributed by atoms with Crippen molar-refractivity contribution in [2.24, 2.45) is 5.92 Å². The van der Waals surface area contributed by atoms with E-state index >= 15 is 0 Å². The molecule has 0 saturated heterocycles. The van der Waals surface area contributed by atoms with Crippen LogP contribution in [0.2, 0.25) is 0 Å². The zero-order valence-electron chi connectivity index (χ0n) is 13.7. The van der Waals surface area contributed by atoms with Crippen LogP contribution in [-0.2, 0) is 0 Å². The molecule has 1 heteroatoms. The zero-order chi connectivity index (χ0) is 14.5. The molecule has 1 aliphatic rings. The van der Waals surface area contributed by atoms with Crippen LogP contribution in [0.1, 0.15) is 68.6 Å². The Bertz CT molecular complexity index is 422. The number of hydrogen-bond acceptors (Lipinski definition) is 1. The summed E-state index contributed by atoms with van der Waals surface area (Å²) in [6, 6.07) is 7.59. The van der Waals surface area contributed by atoms with Gasteiger partial charge in [0.25, 0.3) is 0 Å². The Morgan fingerprint density at radius 3 is 2.60 bits per heavy atom. The largest absolute Gasteiger partial charge is 0.314 e. The van der Waals surface area contributed by atoms with E-state index in [1.54, 1.807) is 5.56 Å². The molecule has 0 amide bonds. The molecule has 2 rings (SSSR count). The molecule has 0 aliphatic heterocycles. The lowest BCUT2D eigenvalue weighted by Crippen LogP contribution is -2.31. The van der Waals surface area contributed by atoms with Gasteiger partial charge in [0, 0.05) is 6.04 Å². The second kappa shape index (κ2) is 7.26. The fourth-order valence-corrected chi connectivity index (χ4v) is 3.58. The van der Waals surface area contributed by atoms with Gasteiger partial charge in [-0.05, 0) is 56.2 Å². The van der Waals surface area contributed by atoms with E-state index in [0.29, 0.717) is 6.04 Å². The van der Waals surface area contributed by atoms with Crippen LogP contribution < -0.4 is 5.32 Å². The van der Waals surface area contributed by atoms with Crippen molar-refractivity contribution in [3.63, 3.8) is 0 Å². The molecule has 0 spiro atoms. The van der Waals surface area contributed by atoms with E-state index in [0.717, 1.165) is 11.8 Å². The van der Waals surface area contributed by atoms with Crippen molar-refractivity contribution in [3.8, 4) is 0 Å². The number of aryl methyl sites for hydroxylation is 2. The molecular weight excluding hydrogens is 242 g/mol. The average molecular weight is 273 g/mol. The van der Waals surface area contributed by atoms with Crippen LogP contribution in [0.3, 0.4) is 0 Å². The molecule has 0 bridgehead atoms. The highest BCUT2D eigenvalue weighted by atomic mass is 14.9. The van der Waals surface area contributed by atoms with Crippen LogP contribution in [0.25, 0.3) is 0 Å². The predicted molar refractivity (Wildman–Crippen MR) is 88.4 cm³/mol. The molecule has 20 heavy (non-hydrogen) atoms. The van der Waals surface area contributed by atoms with Crippen LogP contribution in [0.5, 0.6) is 0 Å². The van der Waals surface area contributed by atoms with Gasteiger partial charge in [-0.2, -0.15) is 0 Å². The summed E-state index contributed by atoms with van der Waals surface area (Å²) < 4.78 is 0. The fraction of sp³-hybridized carbons (Fsp3) is 0.684. The summed E-state index contributed by atoms with van der Waals surface area (Å²) in [6.07, 6.45) is 6.98. The van der Waals surface area contributed by atoms with Gasteiger partial charge in [0.2, 0.25) is 0 Å². The van der Waals surface area contributed by atoms with Gasteiger partial charge < -0.3 is 5.32 Å². The quantitative estimate of drug-likeness (QED) is 0.764. The molecule has 112 valence electrons. The SMILES string of the molecule is Cc1ccc(C)c(C2CCCCCC2CNC(C)C)c1. The van der Waals surface area contributed by atoms with Gasteiger partial charge in [-0.25, -0.2) is 0 Å². The van der Waals surface area contributed by atoms with Gasteiger partial charge in [0.15, 0.2) is 0 Å². The van der Waals surface area contributed by atoms with Crippen molar-refractivity contribution < 1.29 is 0 Å². The molecule has 1 aromatic carbocycles. The van der Waals surface area contributed by atoms with Crippen molar-refractivity contribution in [2.75, 3.05) is 6.54 Å². The zero-order valence-corrected chi connectivity index (χ0v) is 13.7. The lowest BCUT2D eigenvalue weighted by molar-refractivity contribution is 0.362. The molecule has 1 N–H and O–H groups in total. The van der Waals surface area contributed by atoms with E-state index in [1.165, 1.54) is 49.8 Å². The van der Waals surface area contributed by atoms with E-state index in [-0.39, 0.29) is 0 Å². The summed E-state index contributed by atoms with van der Waals surface area (Å²) in [6.45, 7) is 10.2. The number of benzene rings is 1. The van der Waals surface area contributed by atoms with Crippen molar-refractivity contribution in [1.82, 2.24) is 5.32 Å². The lowest BCUT2D eigenvalue weighted by Gasteiger charge is -2.28. The highest BCUT2D eigenvalue weighted by Gasteiger charge is 2.26. The molecule has 1 saturated carbocycles. The van der Waals surface area contributed by atoms with E-state index in [2.05, 4.69) is 51.2 Å². The highest BCUT2D eigenvalue weighted by molar-refractivity contribution is 5.34. The summed E-state index contributed by atoms with van der Waals surface area (Å²) in [5.41, 5.74) is 4.50. The van der Waals surface area contributed by atoms with E-state index in [1.807, 2.05) is 0 Å². The topological polar surface area (TPSA) is 12.0 Å². The van der Waals surface area contributed by atoms with Crippen molar-refractivity contribution in [1.29, 1.82) is 0 Å². The number of hydrogen-bond donors (Lipinski definition) is 1. The average Bonchev–Trinajstić information content (AvgIpc) is 2.64. The summed E-state index contributed by atoms with van der Waals surface area (Å²) in [7, 11) is 0. The van der Waals surface area contributed by atoms with Crippen molar-refractivity contribution >= 4 is 0 Å². The molecular formula is C19H31N. The van der Waals surface area contributed by atoms with Gasteiger partial charge in [-0.3, -0.25) is 0 Å².